The van der Waals surface area contributed by atoms with E-state index in [9.17, 15) is 4.79 Å². The molecule has 1 aromatic carbocycles. The van der Waals surface area contributed by atoms with E-state index in [0.29, 0.717) is 18.4 Å². The van der Waals surface area contributed by atoms with Gasteiger partial charge in [-0.2, -0.15) is 0 Å². The van der Waals surface area contributed by atoms with Crippen molar-refractivity contribution < 1.29 is 14.0 Å². The van der Waals surface area contributed by atoms with Crippen molar-refractivity contribution in [1.82, 2.24) is 15.3 Å². The van der Waals surface area contributed by atoms with Crippen molar-refractivity contribution in [3.63, 3.8) is 0 Å². The number of hydroxylamine groups is 2. The van der Waals surface area contributed by atoms with Crippen LogP contribution in [0.1, 0.15) is 68.2 Å². The third-order valence-corrected chi connectivity index (χ3v) is 7.71. The molecule has 152 valence electrons. The van der Waals surface area contributed by atoms with Gasteiger partial charge >= 0.3 is 0 Å². The van der Waals surface area contributed by atoms with E-state index >= 15 is 0 Å². The summed E-state index contributed by atoms with van der Waals surface area (Å²) in [5, 5.41) is 10.4. The second kappa shape index (κ2) is 6.66. The molecule has 1 aromatic heterocycles. The van der Waals surface area contributed by atoms with Gasteiger partial charge in [-0.05, 0) is 55.4 Å². The number of aromatic nitrogens is 2. The molecule has 6 nitrogen and oxygen atoms in total. The molecule has 6 rings (SSSR count). The molecule has 1 unspecified atom stereocenters. The zero-order valence-corrected chi connectivity index (χ0v) is 16.6. The van der Waals surface area contributed by atoms with Gasteiger partial charge in [0.25, 0.3) is 0 Å². The minimum Gasteiger partial charge on any atom is -0.425 e. The molecule has 3 saturated carbocycles. The number of nitrogens with zero attached hydrogens (tertiary/aromatic N) is 3. The van der Waals surface area contributed by atoms with E-state index in [1.165, 1.54) is 19.3 Å². The highest BCUT2D eigenvalue weighted by atomic mass is 16.7. The highest BCUT2D eigenvalue weighted by molar-refractivity contribution is 5.82. The van der Waals surface area contributed by atoms with Crippen molar-refractivity contribution in [2.45, 2.75) is 69.9 Å². The van der Waals surface area contributed by atoms with E-state index in [4.69, 9.17) is 9.25 Å². The van der Waals surface area contributed by atoms with Crippen LogP contribution in [0.2, 0.25) is 0 Å². The van der Waals surface area contributed by atoms with Gasteiger partial charge in [-0.1, -0.05) is 36.8 Å². The average molecular weight is 393 g/mol. The Morgan fingerprint density at radius 3 is 2.69 bits per heavy atom. The van der Waals surface area contributed by atoms with Crippen LogP contribution in [-0.4, -0.2) is 27.2 Å². The zero-order valence-electron chi connectivity index (χ0n) is 16.6. The number of rotatable bonds is 6. The number of carbonyl (C=O) groups is 1. The van der Waals surface area contributed by atoms with Crippen LogP contribution < -0.4 is 0 Å². The lowest BCUT2D eigenvalue weighted by Crippen LogP contribution is -2.39. The summed E-state index contributed by atoms with van der Waals surface area (Å²) < 4.78 is 6.08. The molecule has 2 aromatic rings. The van der Waals surface area contributed by atoms with Crippen LogP contribution in [0.5, 0.6) is 0 Å². The molecule has 0 radical (unpaired) electrons. The molecule has 2 heterocycles. The normalized spacial score (nSPS) is 30.0. The highest BCUT2D eigenvalue weighted by Gasteiger charge is 2.65. The number of benzene rings is 1. The second-order valence-corrected chi connectivity index (χ2v) is 9.49. The summed E-state index contributed by atoms with van der Waals surface area (Å²) in [4.78, 5) is 19.3. The van der Waals surface area contributed by atoms with Crippen molar-refractivity contribution >= 4 is 5.91 Å². The maximum absolute atomic E-state index is 13.3. The molecule has 1 amide bonds. The fourth-order valence-corrected chi connectivity index (χ4v) is 5.58. The van der Waals surface area contributed by atoms with Gasteiger partial charge in [0.05, 0.1) is 12.0 Å². The monoisotopic (exact) mass is 393 g/mol. The second-order valence-electron chi connectivity index (χ2n) is 9.49. The number of carbonyl (C=O) groups excluding carboxylic acids is 1. The average Bonchev–Trinajstić information content (AvgIpc) is 3.20. The lowest BCUT2D eigenvalue weighted by atomic mass is 9.72. The van der Waals surface area contributed by atoms with E-state index in [1.54, 1.807) is 5.06 Å². The predicted molar refractivity (Wildman–Crippen MR) is 104 cm³/mol. The number of hydrogen-bond donors (Lipinski definition) is 0. The highest BCUT2D eigenvalue weighted by Crippen LogP contribution is 2.65. The minimum absolute atomic E-state index is 0.0363. The molecule has 0 N–H and O–H groups in total. The van der Waals surface area contributed by atoms with Gasteiger partial charge in [-0.3, -0.25) is 9.63 Å². The van der Waals surface area contributed by atoms with E-state index in [-0.39, 0.29) is 29.2 Å². The fraction of sp³-hybridized carbons (Fsp3) is 0.609. The molecule has 1 spiro atoms. The minimum atomic E-state index is -0.0981. The van der Waals surface area contributed by atoms with E-state index in [0.717, 1.165) is 43.6 Å². The van der Waals surface area contributed by atoms with Gasteiger partial charge in [-0.15, -0.1) is 10.2 Å². The first-order valence-electron chi connectivity index (χ1n) is 11.0. The molecule has 6 heteroatoms. The Bertz CT molecular complexity index is 903. The van der Waals surface area contributed by atoms with Gasteiger partial charge in [0.2, 0.25) is 17.7 Å². The molecule has 3 atom stereocenters. The molecule has 2 bridgehead atoms. The van der Waals surface area contributed by atoms with Crippen LogP contribution in [0.4, 0.5) is 0 Å². The summed E-state index contributed by atoms with van der Waals surface area (Å²) in [6, 6.07) is 10.2. The summed E-state index contributed by atoms with van der Waals surface area (Å²) in [5.74, 6) is 2.15. The van der Waals surface area contributed by atoms with Crippen molar-refractivity contribution in [2.75, 3.05) is 0 Å². The predicted octanol–water partition coefficient (Wildman–Crippen LogP) is 4.03. The van der Waals surface area contributed by atoms with Gasteiger partial charge in [0.15, 0.2) is 0 Å². The summed E-state index contributed by atoms with van der Waals surface area (Å²) in [7, 11) is 0. The van der Waals surface area contributed by atoms with Crippen LogP contribution >= 0.6 is 0 Å². The summed E-state index contributed by atoms with van der Waals surface area (Å²) in [5.41, 5.74) is 1.26. The quantitative estimate of drug-likeness (QED) is 0.741. The smallest absolute Gasteiger partial charge is 0.250 e. The van der Waals surface area contributed by atoms with Gasteiger partial charge in [0.1, 0.15) is 6.61 Å². The van der Waals surface area contributed by atoms with Gasteiger partial charge < -0.3 is 4.42 Å². The molecule has 1 saturated heterocycles. The summed E-state index contributed by atoms with van der Waals surface area (Å²) in [6.45, 7) is 0.433. The Morgan fingerprint density at radius 2 is 1.97 bits per heavy atom. The van der Waals surface area contributed by atoms with E-state index < -0.39 is 0 Å². The van der Waals surface area contributed by atoms with E-state index in [2.05, 4.69) is 10.2 Å². The molecule has 4 fully saturated rings. The summed E-state index contributed by atoms with van der Waals surface area (Å²) >= 11 is 0. The maximum atomic E-state index is 13.3. The Labute approximate surface area is 170 Å². The van der Waals surface area contributed by atoms with Crippen LogP contribution in [0, 0.1) is 17.3 Å². The molecule has 4 aliphatic rings. The SMILES string of the molecule is O=C1C2C[C@H](N1OCc1ccccc1)C1(CC1)C[C@H]2c1nnc(CC2CCC2)o1. The van der Waals surface area contributed by atoms with Crippen molar-refractivity contribution in [1.29, 1.82) is 0 Å². The fourth-order valence-electron chi connectivity index (χ4n) is 5.58. The molecule has 29 heavy (non-hydrogen) atoms. The van der Waals surface area contributed by atoms with Gasteiger partial charge in [-0.25, -0.2) is 5.06 Å². The third kappa shape index (κ3) is 3.00. The Kier molecular flexibility index (Phi) is 4.05. The largest absolute Gasteiger partial charge is 0.425 e. The van der Waals surface area contributed by atoms with Crippen molar-refractivity contribution in [3.8, 4) is 0 Å². The maximum Gasteiger partial charge on any atom is 0.250 e. The molecular weight excluding hydrogens is 366 g/mol. The van der Waals surface area contributed by atoms with Crippen LogP contribution in [-0.2, 0) is 22.7 Å². The first-order chi connectivity index (χ1) is 14.2. The summed E-state index contributed by atoms with van der Waals surface area (Å²) in [6.07, 6.45) is 8.85. The van der Waals surface area contributed by atoms with Crippen LogP contribution in [0.15, 0.2) is 34.7 Å². The molecular formula is C23H27N3O3. The Morgan fingerprint density at radius 1 is 1.14 bits per heavy atom. The number of hydrogen-bond acceptors (Lipinski definition) is 5. The lowest BCUT2D eigenvalue weighted by molar-refractivity contribution is -0.201. The van der Waals surface area contributed by atoms with Crippen LogP contribution in [0.25, 0.3) is 0 Å². The van der Waals surface area contributed by atoms with Crippen molar-refractivity contribution in [3.05, 3.63) is 47.7 Å². The lowest BCUT2D eigenvalue weighted by Gasteiger charge is -2.34. The van der Waals surface area contributed by atoms with E-state index in [1.807, 2.05) is 30.3 Å². The van der Waals surface area contributed by atoms with Crippen molar-refractivity contribution in [2.24, 2.45) is 17.3 Å². The number of fused-ring (bicyclic) bond motifs is 3. The molecule has 1 aliphatic heterocycles. The zero-order chi connectivity index (χ0) is 19.4. The first kappa shape index (κ1) is 17.6. The standard InChI is InChI=1S/C23H27N3O3/c27-22-17-12-19(26(22)28-14-16-5-2-1-3-6-16)23(9-10-23)13-18(17)21-25-24-20(29-21)11-15-7-4-8-15/h1-3,5-6,15,17-19H,4,7-14H2/t17?,18-,19+/m1/s1. The molecule has 3 aliphatic carbocycles. The Balaban J connectivity index is 1.20. The van der Waals surface area contributed by atoms with Crippen LogP contribution in [0.3, 0.4) is 0 Å². The number of amides is 1. The Hall–Kier alpha value is -2.21. The third-order valence-electron chi connectivity index (χ3n) is 7.71. The topological polar surface area (TPSA) is 68.5 Å². The van der Waals surface area contributed by atoms with Gasteiger partial charge in [0, 0.05) is 12.3 Å². The first-order valence-corrected chi connectivity index (χ1v) is 11.0.